The van der Waals surface area contributed by atoms with E-state index in [0.29, 0.717) is 23.7 Å². The first-order chi connectivity index (χ1) is 15.7. The summed E-state index contributed by atoms with van der Waals surface area (Å²) in [5, 5.41) is 7.72. The number of piperidine rings is 1. The Morgan fingerprint density at radius 2 is 1.66 bits per heavy atom. The number of carbonyl (C=O) groups excluding carboxylic acids is 2. The van der Waals surface area contributed by atoms with E-state index in [1.807, 2.05) is 65.6 Å². The molecule has 1 aliphatic heterocycles. The molecule has 5 rings (SSSR count). The van der Waals surface area contributed by atoms with Gasteiger partial charge in [-0.3, -0.25) is 9.59 Å². The van der Waals surface area contributed by atoms with Crippen LogP contribution < -0.4 is 5.32 Å². The van der Waals surface area contributed by atoms with Gasteiger partial charge in [-0.1, -0.05) is 30.3 Å². The number of para-hydroxylation sites is 1. The van der Waals surface area contributed by atoms with Crippen LogP contribution in [0, 0.1) is 0 Å². The highest BCUT2D eigenvalue weighted by Crippen LogP contribution is 2.39. The molecule has 1 N–H and O–H groups in total. The Morgan fingerprint density at radius 3 is 2.34 bits per heavy atom. The SMILES string of the molecule is O=C(NCc1ccc(C(=O)N2CCCCC2)cc1)c1cc(C2CC2)nn1-c1ccccc1. The third kappa shape index (κ3) is 4.44. The molecule has 0 bridgehead atoms. The standard InChI is InChI=1S/C26H28N4O2/c31-25(24-17-23(20-13-14-20)28-30(24)22-7-3-1-4-8-22)27-18-19-9-11-21(12-10-19)26(32)29-15-5-2-6-16-29/h1,3-4,7-12,17,20H,2,5-6,13-16,18H2,(H,27,31). The highest BCUT2D eigenvalue weighted by molar-refractivity contribution is 5.94. The van der Waals surface area contributed by atoms with Crippen LogP contribution in [0.3, 0.4) is 0 Å². The summed E-state index contributed by atoms with van der Waals surface area (Å²) in [5.74, 6) is 0.415. The number of aromatic nitrogens is 2. The second-order valence-electron chi connectivity index (χ2n) is 8.71. The van der Waals surface area contributed by atoms with Crippen LogP contribution in [-0.2, 0) is 6.54 Å². The van der Waals surface area contributed by atoms with Crippen molar-refractivity contribution in [3.63, 3.8) is 0 Å². The molecule has 0 spiro atoms. The number of hydrogen-bond donors (Lipinski definition) is 1. The lowest BCUT2D eigenvalue weighted by Crippen LogP contribution is -2.35. The van der Waals surface area contributed by atoms with Crippen molar-refractivity contribution in [1.82, 2.24) is 20.0 Å². The van der Waals surface area contributed by atoms with E-state index < -0.39 is 0 Å². The number of benzene rings is 2. The van der Waals surface area contributed by atoms with Gasteiger partial charge in [0, 0.05) is 31.1 Å². The van der Waals surface area contributed by atoms with Gasteiger partial charge in [-0.15, -0.1) is 0 Å². The van der Waals surface area contributed by atoms with Gasteiger partial charge in [0.1, 0.15) is 5.69 Å². The first kappa shape index (κ1) is 20.5. The molecule has 2 aromatic carbocycles. The van der Waals surface area contributed by atoms with Gasteiger partial charge in [-0.2, -0.15) is 5.10 Å². The van der Waals surface area contributed by atoms with Crippen molar-refractivity contribution >= 4 is 11.8 Å². The summed E-state index contributed by atoms with van der Waals surface area (Å²) in [4.78, 5) is 27.6. The van der Waals surface area contributed by atoms with Crippen molar-refractivity contribution in [2.45, 2.75) is 44.6 Å². The third-order valence-corrected chi connectivity index (χ3v) is 6.25. The van der Waals surface area contributed by atoms with Crippen molar-refractivity contribution in [2.75, 3.05) is 13.1 Å². The van der Waals surface area contributed by atoms with Crippen molar-refractivity contribution in [3.05, 3.63) is 83.2 Å². The lowest BCUT2D eigenvalue weighted by Gasteiger charge is -2.26. The van der Waals surface area contributed by atoms with Crippen LogP contribution in [0.4, 0.5) is 0 Å². The monoisotopic (exact) mass is 428 g/mol. The maximum atomic E-state index is 13.0. The van der Waals surface area contributed by atoms with E-state index in [2.05, 4.69) is 5.32 Å². The Bertz CT molecular complexity index is 1090. The van der Waals surface area contributed by atoms with E-state index in [1.165, 1.54) is 6.42 Å². The van der Waals surface area contributed by atoms with Crippen molar-refractivity contribution < 1.29 is 9.59 Å². The topological polar surface area (TPSA) is 67.2 Å². The van der Waals surface area contributed by atoms with Gasteiger partial charge in [0.2, 0.25) is 0 Å². The van der Waals surface area contributed by atoms with Crippen molar-refractivity contribution in [3.8, 4) is 5.69 Å². The summed E-state index contributed by atoms with van der Waals surface area (Å²) < 4.78 is 1.74. The van der Waals surface area contributed by atoms with Crippen LogP contribution in [0.25, 0.3) is 5.69 Å². The summed E-state index contributed by atoms with van der Waals surface area (Å²) in [5.41, 5.74) is 4.08. The number of rotatable bonds is 6. The number of nitrogens with zero attached hydrogens (tertiary/aromatic N) is 3. The molecule has 3 aromatic rings. The van der Waals surface area contributed by atoms with Gasteiger partial charge >= 0.3 is 0 Å². The predicted molar refractivity (Wildman–Crippen MR) is 123 cm³/mol. The van der Waals surface area contributed by atoms with Crippen LogP contribution >= 0.6 is 0 Å². The Balaban J connectivity index is 1.26. The Labute approximate surface area is 188 Å². The highest BCUT2D eigenvalue weighted by Gasteiger charge is 2.29. The quantitative estimate of drug-likeness (QED) is 0.636. The molecule has 0 radical (unpaired) electrons. The Morgan fingerprint density at radius 1 is 0.938 bits per heavy atom. The smallest absolute Gasteiger partial charge is 0.270 e. The van der Waals surface area contributed by atoms with Crippen LogP contribution in [-0.4, -0.2) is 39.6 Å². The summed E-state index contributed by atoms with van der Waals surface area (Å²) >= 11 is 0. The number of nitrogens with one attached hydrogen (secondary N) is 1. The van der Waals surface area contributed by atoms with Crippen LogP contribution in [0.1, 0.15) is 70.1 Å². The molecule has 2 aliphatic rings. The fourth-order valence-electron chi connectivity index (χ4n) is 4.22. The molecule has 2 amide bonds. The van der Waals surface area contributed by atoms with Crippen molar-refractivity contribution in [1.29, 1.82) is 0 Å². The van der Waals surface area contributed by atoms with E-state index in [0.717, 1.165) is 55.7 Å². The molecule has 6 nitrogen and oxygen atoms in total. The number of likely N-dealkylation sites (tertiary alicyclic amines) is 1. The summed E-state index contributed by atoms with van der Waals surface area (Å²) in [6.07, 6.45) is 5.63. The van der Waals surface area contributed by atoms with Gasteiger partial charge in [0.05, 0.1) is 11.4 Å². The second kappa shape index (κ2) is 8.99. The summed E-state index contributed by atoms with van der Waals surface area (Å²) in [6, 6.07) is 19.2. The minimum Gasteiger partial charge on any atom is -0.347 e. The zero-order valence-electron chi connectivity index (χ0n) is 18.2. The van der Waals surface area contributed by atoms with E-state index in [1.54, 1.807) is 4.68 Å². The molecule has 1 aliphatic carbocycles. The minimum absolute atomic E-state index is 0.0969. The molecule has 1 aromatic heterocycles. The Hall–Kier alpha value is -3.41. The third-order valence-electron chi connectivity index (χ3n) is 6.25. The van der Waals surface area contributed by atoms with E-state index in [4.69, 9.17) is 5.10 Å². The lowest BCUT2D eigenvalue weighted by molar-refractivity contribution is 0.0724. The van der Waals surface area contributed by atoms with Crippen LogP contribution in [0.5, 0.6) is 0 Å². The molecule has 1 saturated heterocycles. The number of carbonyl (C=O) groups is 2. The van der Waals surface area contributed by atoms with E-state index in [-0.39, 0.29) is 11.8 Å². The molecule has 6 heteroatoms. The number of amides is 2. The zero-order valence-corrected chi connectivity index (χ0v) is 18.2. The average Bonchev–Trinajstić information content (AvgIpc) is 3.61. The molecule has 2 heterocycles. The highest BCUT2D eigenvalue weighted by atomic mass is 16.2. The summed E-state index contributed by atoms with van der Waals surface area (Å²) in [6.45, 7) is 2.08. The molecule has 1 saturated carbocycles. The molecular formula is C26H28N4O2. The van der Waals surface area contributed by atoms with E-state index in [9.17, 15) is 9.59 Å². The Kier molecular flexibility index (Phi) is 5.75. The largest absolute Gasteiger partial charge is 0.347 e. The normalized spacial score (nSPS) is 16.1. The molecule has 0 atom stereocenters. The van der Waals surface area contributed by atoms with Gasteiger partial charge in [0.15, 0.2) is 0 Å². The summed E-state index contributed by atoms with van der Waals surface area (Å²) in [7, 11) is 0. The zero-order chi connectivity index (χ0) is 21.9. The fraction of sp³-hybridized carbons (Fsp3) is 0.346. The molecule has 32 heavy (non-hydrogen) atoms. The molecule has 2 fully saturated rings. The van der Waals surface area contributed by atoms with Gasteiger partial charge in [-0.05, 0) is 68.0 Å². The first-order valence-corrected chi connectivity index (χ1v) is 11.5. The fourth-order valence-corrected chi connectivity index (χ4v) is 4.22. The molecule has 164 valence electrons. The van der Waals surface area contributed by atoms with Crippen molar-refractivity contribution in [2.24, 2.45) is 0 Å². The lowest BCUT2D eigenvalue weighted by atomic mass is 10.1. The average molecular weight is 429 g/mol. The molecule has 0 unspecified atom stereocenters. The second-order valence-corrected chi connectivity index (χ2v) is 8.71. The van der Waals surface area contributed by atoms with Crippen LogP contribution in [0.2, 0.25) is 0 Å². The van der Waals surface area contributed by atoms with Gasteiger partial charge in [-0.25, -0.2) is 4.68 Å². The first-order valence-electron chi connectivity index (χ1n) is 11.5. The molecular weight excluding hydrogens is 400 g/mol. The van der Waals surface area contributed by atoms with Gasteiger partial charge in [0.25, 0.3) is 11.8 Å². The maximum absolute atomic E-state index is 13.0. The van der Waals surface area contributed by atoms with Gasteiger partial charge < -0.3 is 10.2 Å². The number of hydrogen-bond acceptors (Lipinski definition) is 3. The predicted octanol–water partition coefficient (Wildman–Crippen LogP) is 4.31. The van der Waals surface area contributed by atoms with Crippen LogP contribution in [0.15, 0.2) is 60.7 Å². The maximum Gasteiger partial charge on any atom is 0.270 e. The van der Waals surface area contributed by atoms with E-state index >= 15 is 0 Å². The minimum atomic E-state index is -0.151.